The zero-order valence-corrected chi connectivity index (χ0v) is 24.8. The number of aryl methyl sites for hydroxylation is 1. The molecule has 4 aromatic carbocycles. The molecule has 4 amide bonds. The minimum atomic E-state index is -0.858. The third-order valence-corrected chi connectivity index (χ3v) is 7.17. The zero-order valence-electron chi connectivity index (χ0n) is 23.2. The summed E-state index contributed by atoms with van der Waals surface area (Å²) in [6, 6.07) is 22.7. The van der Waals surface area contributed by atoms with E-state index in [1.54, 1.807) is 48.5 Å². The van der Waals surface area contributed by atoms with Crippen molar-refractivity contribution in [1.82, 2.24) is 5.32 Å². The highest BCUT2D eigenvalue weighted by molar-refractivity contribution is 9.10. The van der Waals surface area contributed by atoms with Gasteiger partial charge >= 0.3 is 6.03 Å². The van der Waals surface area contributed by atoms with Gasteiger partial charge in [-0.25, -0.2) is 14.1 Å². The predicted molar refractivity (Wildman–Crippen MR) is 162 cm³/mol. The molecule has 1 heterocycles. The number of halogens is 2. The number of hydrogen-bond donors (Lipinski definition) is 1. The average molecular weight is 645 g/mol. The zero-order chi connectivity index (χ0) is 30.5. The van der Waals surface area contributed by atoms with Gasteiger partial charge in [-0.05, 0) is 94.2 Å². The molecule has 1 fully saturated rings. The summed E-state index contributed by atoms with van der Waals surface area (Å²) in [5.41, 5.74) is 3.39. The Morgan fingerprint density at radius 2 is 1.49 bits per heavy atom. The monoisotopic (exact) mass is 644 g/mol. The van der Waals surface area contributed by atoms with E-state index in [2.05, 4.69) is 21.2 Å². The Morgan fingerprint density at radius 1 is 0.860 bits per heavy atom. The molecule has 1 aliphatic heterocycles. The van der Waals surface area contributed by atoms with Crippen molar-refractivity contribution in [3.63, 3.8) is 0 Å². The van der Waals surface area contributed by atoms with Gasteiger partial charge < -0.3 is 14.2 Å². The van der Waals surface area contributed by atoms with Crippen molar-refractivity contribution in [2.75, 3.05) is 12.0 Å². The lowest BCUT2D eigenvalue weighted by molar-refractivity contribution is -0.122. The van der Waals surface area contributed by atoms with E-state index in [-0.39, 0.29) is 23.7 Å². The van der Waals surface area contributed by atoms with Crippen LogP contribution in [0.5, 0.6) is 17.2 Å². The Morgan fingerprint density at radius 3 is 2.14 bits per heavy atom. The summed E-state index contributed by atoms with van der Waals surface area (Å²) in [5.74, 6) is -0.679. The molecule has 0 bridgehead atoms. The minimum absolute atomic E-state index is 0.156. The fourth-order valence-corrected chi connectivity index (χ4v) is 4.87. The number of carbonyl (C=O) groups is 3. The summed E-state index contributed by atoms with van der Waals surface area (Å²) in [7, 11) is 1.45. The van der Waals surface area contributed by atoms with E-state index in [1.807, 2.05) is 31.2 Å². The Hall–Kier alpha value is -4.96. The number of rotatable bonds is 9. The molecule has 0 spiro atoms. The molecular weight excluding hydrogens is 619 g/mol. The van der Waals surface area contributed by atoms with Crippen molar-refractivity contribution < 1.29 is 33.0 Å². The largest absolute Gasteiger partial charge is 0.493 e. The molecule has 43 heavy (non-hydrogen) atoms. The summed E-state index contributed by atoms with van der Waals surface area (Å²) in [4.78, 5) is 39.7. The number of urea groups is 1. The maximum Gasteiger partial charge on any atom is 0.335 e. The molecule has 4 aromatic rings. The maximum atomic E-state index is 13.4. The third kappa shape index (κ3) is 6.92. The van der Waals surface area contributed by atoms with E-state index in [0.717, 1.165) is 21.6 Å². The van der Waals surface area contributed by atoms with E-state index in [1.165, 1.54) is 25.3 Å². The van der Waals surface area contributed by atoms with Gasteiger partial charge in [-0.2, -0.15) is 0 Å². The molecule has 0 aliphatic carbocycles. The molecule has 0 saturated carbocycles. The quantitative estimate of drug-likeness (QED) is 0.160. The highest BCUT2D eigenvalue weighted by Crippen LogP contribution is 2.38. The summed E-state index contributed by atoms with van der Waals surface area (Å²) in [6.45, 7) is 2.53. The predicted octanol–water partition coefficient (Wildman–Crippen LogP) is 6.73. The summed E-state index contributed by atoms with van der Waals surface area (Å²) in [5, 5.41) is 2.22. The molecule has 10 heteroatoms. The van der Waals surface area contributed by atoms with E-state index in [9.17, 15) is 18.8 Å². The van der Waals surface area contributed by atoms with Gasteiger partial charge in [0.2, 0.25) is 0 Å². The summed E-state index contributed by atoms with van der Waals surface area (Å²) in [6.07, 6.45) is 1.37. The number of carbonyl (C=O) groups excluding carboxylic acids is 3. The second-order valence-corrected chi connectivity index (χ2v) is 10.5. The molecule has 1 N–H and O–H groups in total. The van der Waals surface area contributed by atoms with Crippen molar-refractivity contribution in [3.8, 4) is 17.2 Å². The van der Waals surface area contributed by atoms with Gasteiger partial charge in [0.25, 0.3) is 11.8 Å². The van der Waals surface area contributed by atoms with Gasteiger partial charge in [0.1, 0.15) is 30.4 Å². The number of anilines is 1. The number of nitrogens with zero attached hydrogens (tertiary/aromatic N) is 1. The smallest absolute Gasteiger partial charge is 0.335 e. The van der Waals surface area contributed by atoms with Crippen LogP contribution >= 0.6 is 15.9 Å². The number of amides is 4. The van der Waals surface area contributed by atoms with Gasteiger partial charge in [-0.3, -0.25) is 14.9 Å². The first-order valence-electron chi connectivity index (χ1n) is 13.2. The van der Waals surface area contributed by atoms with Crippen LogP contribution in [-0.4, -0.2) is 25.0 Å². The number of nitrogens with one attached hydrogen (secondary N) is 1. The molecule has 1 aliphatic rings. The van der Waals surface area contributed by atoms with Crippen LogP contribution in [0.3, 0.4) is 0 Å². The standard InChI is InChI=1S/C33H26BrFN2O6/c1-20-3-5-21(6-4-20)18-42-26-13-11-25(12-14-26)37-32(39)27(31(38)36-33(37)40)15-23-16-28(34)30(29(17-23)41-2)43-19-22-7-9-24(35)10-8-22/h3-17H,18-19H2,1-2H3,(H,36,38,40)/b27-15+. The van der Waals surface area contributed by atoms with E-state index < -0.39 is 17.8 Å². The summed E-state index contributed by atoms with van der Waals surface area (Å²) < 4.78 is 30.9. The first-order valence-corrected chi connectivity index (χ1v) is 14.0. The van der Waals surface area contributed by atoms with Crippen molar-refractivity contribution in [2.45, 2.75) is 20.1 Å². The number of methoxy groups -OCH3 is 1. The van der Waals surface area contributed by atoms with E-state index >= 15 is 0 Å². The number of hydrogen-bond acceptors (Lipinski definition) is 6. The Labute approximate surface area is 255 Å². The van der Waals surface area contributed by atoms with Crippen LogP contribution in [0.1, 0.15) is 22.3 Å². The fraction of sp³-hybridized carbons (Fsp3) is 0.121. The first kappa shape index (κ1) is 29.5. The van der Waals surface area contributed by atoms with Crippen molar-refractivity contribution in [3.05, 3.63) is 123 Å². The third-order valence-electron chi connectivity index (χ3n) is 6.58. The lowest BCUT2D eigenvalue weighted by Crippen LogP contribution is -2.54. The Balaban J connectivity index is 1.33. The number of barbiturate groups is 1. The van der Waals surface area contributed by atoms with Crippen LogP contribution in [0.4, 0.5) is 14.9 Å². The van der Waals surface area contributed by atoms with Gasteiger partial charge in [0, 0.05) is 0 Å². The summed E-state index contributed by atoms with van der Waals surface area (Å²) >= 11 is 3.46. The molecule has 0 unspecified atom stereocenters. The second-order valence-electron chi connectivity index (χ2n) is 9.68. The molecule has 8 nitrogen and oxygen atoms in total. The van der Waals surface area contributed by atoms with Crippen LogP contribution in [0, 0.1) is 12.7 Å². The van der Waals surface area contributed by atoms with Crippen LogP contribution in [0.25, 0.3) is 6.08 Å². The van der Waals surface area contributed by atoms with Gasteiger partial charge in [-0.15, -0.1) is 0 Å². The van der Waals surface area contributed by atoms with Gasteiger partial charge in [0.15, 0.2) is 11.5 Å². The Bertz CT molecular complexity index is 1700. The van der Waals surface area contributed by atoms with Crippen LogP contribution in [-0.2, 0) is 22.8 Å². The van der Waals surface area contributed by atoms with E-state index in [4.69, 9.17) is 14.2 Å². The molecule has 0 aromatic heterocycles. The molecular formula is C33H26BrFN2O6. The van der Waals surface area contributed by atoms with Gasteiger partial charge in [-0.1, -0.05) is 42.0 Å². The van der Waals surface area contributed by atoms with Gasteiger partial charge in [0.05, 0.1) is 17.3 Å². The van der Waals surface area contributed by atoms with Crippen molar-refractivity contribution in [1.29, 1.82) is 0 Å². The van der Waals surface area contributed by atoms with Crippen LogP contribution < -0.4 is 24.4 Å². The lowest BCUT2D eigenvalue weighted by atomic mass is 10.1. The average Bonchev–Trinajstić information content (AvgIpc) is 2.99. The molecule has 0 radical (unpaired) electrons. The Kier molecular flexibility index (Phi) is 8.87. The molecule has 5 rings (SSSR count). The maximum absolute atomic E-state index is 13.4. The topological polar surface area (TPSA) is 94.2 Å². The molecule has 1 saturated heterocycles. The van der Waals surface area contributed by atoms with E-state index in [0.29, 0.717) is 33.9 Å². The highest BCUT2D eigenvalue weighted by atomic mass is 79.9. The minimum Gasteiger partial charge on any atom is -0.493 e. The van der Waals surface area contributed by atoms with Crippen molar-refractivity contribution >= 4 is 45.5 Å². The first-order chi connectivity index (χ1) is 20.7. The normalized spacial score (nSPS) is 14.1. The highest BCUT2D eigenvalue weighted by Gasteiger charge is 2.37. The van der Waals surface area contributed by atoms with Crippen LogP contribution in [0.15, 0.2) is 95.0 Å². The number of ether oxygens (including phenoxy) is 3. The molecule has 218 valence electrons. The SMILES string of the molecule is COc1cc(/C=C2\C(=O)NC(=O)N(c3ccc(OCc4ccc(C)cc4)cc3)C2=O)cc(Br)c1OCc1ccc(F)cc1. The number of benzene rings is 4. The fourth-order valence-electron chi connectivity index (χ4n) is 4.30. The number of imide groups is 2. The lowest BCUT2D eigenvalue weighted by Gasteiger charge is -2.26. The van der Waals surface area contributed by atoms with Crippen LogP contribution in [0.2, 0.25) is 0 Å². The molecule has 0 atom stereocenters. The van der Waals surface area contributed by atoms with Crippen molar-refractivity contribution in [2.24, 2.45) is 0 Å². The second kappa shape index (κ2) is 12.9.